The third-order valence-corrected chi connectivity index (χ3v) is 0.913. The SMILES string of the molecule is N/C(=N\S(=O)(=O)F)C(F)(F)F. The Labute approximate surface area is 59.1 Å². The number of rotatable bonds is 1. The molecule has 0 saturated heterocycles. The largest absolute Gasteiger partial charge is 0.449 e. The summed E-state index contributed by atoms with van der Waals surface area (Å²) in [4.78, 5) is 0. The molecule has 0 unspecified atom stereocenters. The lowest BCUT2D eigenvalue weighted by Crippen LogP contribution is -2.31. The van der Waals surface area contributed by atoms with Crippen LogP contribution in [0.5, 0.6) is 0 Å². The van der Waals surface area contributed by atoms with E-state index in [1.165, 1.54) is 0 Å². The predicted octanol–water partition coefficient (Wildman–Crippen LogP) is 0.120. The second-order valence-corrected chi connectivity index (χ2v) is 2.39. The van der Waals surface area contributed by atoms with Gasteiger partial charge in [0.25, 0.3) is 0 Å². The van der Waals surface area contributed by atoms with Crippen LogP contribution in [0.4, 0.5) is 17.1 Å². The maximum atomic E-state index is 11.4. The predicted molar refractivity (Wildman–Crippen MR) is 27.7 cm³/mol. The standard InChI is InChI=1S/C2H2F4N2O2S/c3-2(4,5)1(7)8-11(6,9)10/h(H2,7,8). The molecule has 66 valence electrons. The van der Waals surface area contributed by atoms with Crippen molar-refractivity contribution in [1.29, 1.82) is 0 Å². The molecule has 9 heteroatoms. The molecule has 4 nitrogen and oxygen atoms in total. The summed E-state index contributed by atoms with van der Waals surface area (Å²) in [7, 11) is -5.56. The van der Waals surface area contributed by atoms with E-state index in [0.717, 1.165) is 0 Å². The van der Waals surface area contributed by atoms with Crippen molar-refractivity contribution in [1.82, 2.24) is 0 Å². The number of nitrogens with two attached hydrogens (primary N) is 1. The first-order valence-corrected chi connectivity index (χ1v) is 3.34. The monoisotopic (exact) mass is 194 g/mol. The molecule has 0 radical (unpaired) electrons. The Hall–Kier alpha value is -0.860. The fourth-order valence-corrected chi connectivity index (χ4v) is 0.508. The van der Waals surface area contributed by atoms with Crippen molar-refractivity contribution in [3.63, 3.8) is 0 Å². The van der Waals surface area contributed by atoms with Crippen LogP contribution in [0.3, 0.4) is 0 Å². The molecular formula is C2H2F4N2O2S. The zero-order valence-corrected chi connectivity index (χ0v) is 5.58. The van der Waals surface area contributed by atoms with Gasteiger partial charge in [-0.3, -0.25) is 0 Å². The molecule has 0 heterocycles. The number of halogens is 4. The Morgan fingerprint density at radius 3 is 1.82 bits per heavy atom. The van der Waals surface area contributed by atoms with Crippen LogP contribution in [-0.4, -0.2) is 20.4 Å². The molecular weight excluding hydrogens is 192 g/mol. The van der Waals surface area contributed by atoms with Gasteiger partial charge in [0, 0.05) is 0 Å². The van der Waals surface area contributed by atoms with E-state index in [4.69, 9.17) is 0 Å². The van der Waals surface area contributed by atoms with Gasteiger partial charge in [-0.05, 0) is 0 Å². The summed E-state index contributed by atoms with van der Waals surface area (Å²) in [5.74, 6) is -2.24. The van der Waals surface area contributed by atoms with E-state index in [2.05, 4.69) is 5.73 Å². The van der Waals surface area contributed by atoms with E-state index in [1.54, 1.807) is 4.40 Å². The zero-order chi connectivity index (χ0) is 9.28. The Morgan fingerprint density at radius 2 is 1.73 bits per heavy atom. The first kappa shape index (κ1) is 10.1. The van der Waals surface area contributed by atoms with Crippen LogP contribution < -0.4 is 5.73 Å². The molecule has 0 fully saturated rings. The zero-order valence-electron chi connectivity index (χ0n) is 4.76. The van der Waals surface area contributed by atoms with E-state index in [-0.39, 0.29) is 0 Å². The van der Waals surface area contributed by atoms with E-state index in [9.17, 15) is 25.5 Å². The van der Waals surface area contributed by atoms with E-state index >= 15 is 0 Å². The molecule has 2 N–H and O–H groups in total. The molecule has 0 aromatic carbocycles. The minimum absolute atomic E-state index is 1.56. The van der Waals surface area contributed by atoms with Crippen molar-refractivity contribution in [2.24, 2.45) is 10.1 Å². The van der Waals surface area contributed by atoms with Crippen LogP contribution in [0.25, 0.3) is 0 Å². The van der Waals surface area contributed by atoms with Gasteiger partial charge in [0.15, 0.2) is 0 Å². The van der Waals surface area contributed by atoms with E-state index < -0.39 is 22.4 Å². The number of hydrogen-bond donors (Lipinski definition) is 1. The summed E-state index contributed by atoms with van der Waals surface area (Å²) in [6.07, 6.45) is -5.13. The Balaban J connectivity index is 4.78. The van der Waals surface area contributed by atoms with Gasteiger partial charge in [0.05, 0.1) is 0 Å². The molecule has 0 aliphatic heterocycles. The summed E-state index contributed by atoms with van der Waals surface area (Å²) in [5.41, 5.74) is 4.04. The van der Waals surface area contributed by atoms with Gasteiger partial charge in [-0.2, -0.15) is 21.6 Å². The molecule has 0 aliphatic carbocycles. The molecule has 0 aromatic heterocycles. The highest BCUT2D eigenvalue weighted by atomic mass is 32.3. The summed E-state index contributed by atoms with van der Waals surface area (Å²) in [6, 6.07) is 0. The summed E-state index contributed by atoms with van der Waals surface area (Å²) >= 11 is 0. The lowest BCUT2D eigenvalue weighted by atomic mass is 10.6. The van der Waals surface area contributed by atoms with Crippen LogP contribution >= 0.6 is 0 Å². The molecule has 11 heavy (non-hydrogen) atoms. The molecule has 0 aromatic rings. The first-order valence-electron chi connectivity index (χ1n) is 2.00. The van der Waals surface area contributed by atoms with E-state index in [1.807, 2.05) is 0 Å². The van der Waals surface area contributed by atoms with Crippen molar-refractivity contribution < 1.29 is 25.5 Å². The van der Waals surface area contributed by atoms with Gasteiger partial charge in [-0.15, -0.1) is 4.40 Å². The number of hydrogen-bond acceptors (Lipinski definition) is 2. The van der Waals surface area contributed by atoms with Crippen LogP contribution in [0, 0.1) is 0 Å². The van der Waals surface area contributed by atoms with Crippen molar-refractivity contribution in [3.8, 4) is 0 Å². The molecule has 0 amide bonds. The topological polar surface area (TPSA) is 72.5 Å². The number of nitrogens with zero attached hydrogens (tertiary/aromatic N) is 1. The Morgan fingerprint density at radius 1 is 1.36 bits per heavy atom. The molecule has 0 saturated carbocycles. The van der Waals surface area contributed by atoms with Crippen LogP contribution in [-0.2, 0) is 10.4 Å². The summed E-state index contributed by atoms with van der Waals surface area (Å²) in [6.45, 7) is 0. The highest BCUT2D eigenvalue weighted by Crippen LogP contribution is 2.15. The van der Waals surface area contributed by atoms with Crippen molar-refractivity contribution in [2.75, 3.05) is 0 Å². The second-order valence-electron chi connectivity index (χ2n) is 1.39. The molecule has 0 bridgehead atoms. The van der Waals surface area contributed by atoms with Gasteiger partial charge in [0.2, 0.25) is 5.84 Å². The van der Waals surface area contributed by atoms with Gasteiger partial charge in [-0.25, -0.2) is 0 Å². The van der Waals surface area contributed by atoms with E-state index in [0.29, 0.717) is 0 Å². The third kappa shape index (κ3) is 4.53. The van der Waals surface area contributed by atoms with Crippen LogP contribution in [0.15, 0.2) is 4.40 Å². The van der Waals surface area contributed by atoms with Crippen molar-refractivity contribution >= 4 is 16.2 Å². The quantitative estimate of drug-likeness (QED) is 0.279. The fourth-order valence-electron chi connectivity index (χ4n) is 0.169. The third-order valence-electron chi connectivity index (χ3n) is 0.498. The maximum Gasteiger partial charge on any atom is 0.449 e. The highest BCUT2D eigenvalue weighted by Gasteiger charge is 2.35. The van der Waals surface area contributed by atoms with Crippen LogP contribution in [0.2, 0.25) is 0 Å². The molecule has 0 aliphatic rings. The second kappa shape index (κ2) is 2.64. The first-order chi connectivity index (χ1) is 4.63. The fraction of sp³-hybridized carbons (Fsp3) is 0.500. The minimum Gasteiger partial charge on any atom is -0.379 e. The maximum absolute atomic E-state index is 11.4. The highest BCUT2D eigenvalue weighted by molar-refractivity contribution is 7.85. The van der Waals surface area contributed by atoms with Gasteiger partial charge in [0.1, 0.15) is 0 Å². The lowest BCUT2D eigenvalue weighted by molar-refractivity contribution is -0.0596. The van der Waals surface area contributed by atoms with Crippen molar-refractivity contribution in [2.45, 2.75) is 6.18 Å². The molecule has 0 atom stereocenters. The minimum atomic E-state index is -5.56. The molecule has 0 rings (SSSR count). The van der Waals surface area contributed by atoms with Gasteiger partial charge >= 0.3 is 16.6 Å². The normalized spacial score (nSPS) is 15.1. The number of amidine groups is 1. The Kier molecular flexibility index (Phi) is 2.44. The van der Waals surface area contributed by atoms with Crippen LogP contribution in [0.1, 0.15) is 0 Å². The average Bonchev–Trinajstić information content (AvgIpc) is 1.56. The Bertz CT molecular complexity index is 264. The smallest absolute Gasteiger partial charge is 0.379 e. The van der Waals surface area contributed by atoms with Gasteiger partial charge in [-0.1, -0.05) is 3.89 Å². The van der Waals surface area contributed by atoms with Gasteiger partial charge < -0.3 is 5.73 Å². The average molecular weight is 194 g/mol. The lowest BCUT2D eigenvalue weighted by Gasteiger charge is -2.01. The number of alkyl halides is 3. The summed E-state index contributed by atoms with van der Waals surface area (Å²) < 4.78 is 65.7. The van der Waals surface area contributed by atoms with Crippen molar-refractivity contribution in [3.05, 3.63) is 0 Å². The summed E-state index contributed by atoms with van der Waals surface area (Å²) in [5, 5.41) is 0. The molecule has 0 spiro atoms.